The van der Waals surface area contributed by atoms with Crippen molar-refractivity contribution in [1.82, 2.24) is 4.31 Å². The average molecular weight is 549 g/mol. The lowest BCUT2D eigenvalue weighted by molar-refractivity contribution is -0.254. The van der Waals surface area contributed by atoms with Crippen molar-refractivity contribution in [2.75, 3.05) is 24.5 Å². The molecule has 1 aliphatic rings. The highest BCUT2D eigenvalue weighted by molar-refractivity contribution is 7.91. The molecule has 0 aliphatic carbocycles. The Labute approximate surface area is 198 Å². The SMILES string of the molecule is C[C@@H]1CN(c2ccc(F)cc2C(F)(F)F)CCN1S(=O)(=O)c1ccc(C(O)(C(N)=O)C(F)(F)F)s1. The van der Waals surface area contributed by atoms with Crippen LogP contribution in [0, 0.1) is 5.82 Å². The smallest absolute Gasteiger partial charge is 0.368 e. The van der Waals surface area contributed by atoms with Gasteiger partial charge in [-0.3, -0.25) is 4.79 Å². The summed E-state index contributed by atoms with van der Waals surface area (Å²) in [4.78, 5) is 11.5. The lowest BCUT2D eigenvalue weighted by Gasteiger charge is -2.40. The Balaban J connectivity index is 1.89. The van der Waals surface area contributed by atoms with Gasteiger partial charge in [0, 0.05) is 31.4 Å². The van der Waals surface area contributed by atoms with E-state index in [4.69, 9.17) is 5.73 Å². The van der Waals surface area contributed by atoms with Crippen molar-refractivity contribution in [3.63, 3.8) is 0 Å². The highest BCUT2D eigenvalue weighted by Gasteiger charge is 2.61. The van der Waals surface area contributed by atoms with Crippen LogP contribution in [-0.4, -0.2) is 55.6 Å². The number of aliphatic hydroxyl groups is 1. The van der Waals surface area contributed by atoms with Gasteiger partial charge in [0.1, 0.15) is 10.0 Å². The van der Waals surface area contributed by atoms with E-state index in [2.05, 4.69) is 0 Å². The summed E-state index contributed by atoms with van der Waals surface area (Å²) in [6.45, 7) is 0.569. The van der Waals surface area contributed by atoms with Gasteiger partial charge in [-0.2, -0.15) is 30.6 Å². The number of nitrogens with zero attached hydrogens (tertiary/aromatic N) is 2. The number of carbonyl (C=O) groups excluding carboxylic acids is 1. The Hall–Kier alpha value is -2.43. The first-order chi connectivity index (χ1) is 15.9. The van der Waals surface area contributed by atoms with Crippen molar-refractivity contribution in [3.8, 4) is 0 Å². The number of hydrogen-bond acceptors (Lipinski definition) is 6. The van der Waals surface area contributed by atoms with E-state index in [1.54, 1.807) is 0 Å². The summed E-state index contributed by atoms with van der Waals surface area (Å²) < 4.78 is 120. The molecule has 1 amide bonds. The van der Waals surface area contributed by atoms with E-state index in [0.29, 0.717) is 12.1 Å². The van der Waals surface area contributed by atoms with Gasteiger partial charge in [-0.15, -0.1) is 11.3 Å². The van der Waals surface area contributed by atoms with Crippen LogP contribution in [0.1, 0.15) is 17.4 Å². The van der Waals surface area contributed by atoms with Crippen LogP contribution in [0.4, 0.5) is 36.4 Å². The molecule has 2 heterocycles. The predicted molar refractivity (Wildman–Crippen MR) is 110 cm³/mol. The Morgan fingerprint density at radius 2 is 1.74 bits per heavy atom. The molecule has 2 aromatic rings. The molecule has 0 spiro atoms. The van der Waals surface area contributed by atoms with Gasteiger partial charge in [-0.25, -0.2) is 12.8 Å². The fraction of sp³-hybridized carbons (Fsp3) is 0.421. The molecule has 1 fully saturated rings. The van der Waals surface area contributed by atoms with E-state index in [1.807, 2.05) is 0 Å². The van der Waals surface area contributed by atoms with Crippen molar-refractivity contribution in [1.29, 1.82) is 0 Å². The maximum atomic E-state index is 13.4. The van der Waals surface area contributed by atoms with Crippen LogP contribution in [0.3, 0.4) is 0 Å². The maximum absolute atomic E-state index is 13.4. The molecular formula is C19H18F7N3O4S2. The molecule has 1 aromatic heterocycles. The zero-order valence-corrected chi connectivity index (χ0v) is 19.3. The minimum Gasteiger partial charge on any atom is -0.368 e. The molecule has 7 nitrogen and oxygen atoms in total. The molecule has 1 unspecified atom stereocenters. The van der Waals surface area contributed by atoms with Gasteiger partial charge in [0.25, 0.3) is 21.5 Å². The molecule has 16 heteroatoms. The van der Waals surface area contributed by atoms with Gasteiger partial charge in [0.2, 0.25) is 0 Å². The Morgan fingerprint density at radius 3 is 2.26 bits per heavy atom. The minimum absolute atomic E-state index is 0.00224. The second kappa shape index (κ2) is 8.90. The van der Waals surface area contributed by atoms with E-state index >= 15 is 0 Å². The van der Waals surface area contributed by atoms with E-state index in [0.717, 1.165) is 22.5 Å². The number of alkyl halides is 6. The third-order valence-corrected chi connectivity index (χ3v) is 9.11. The third kappa shape index (κ3) is 4.83. The minimum atomic E-state index is -5.52. The van der Waals surface area contributed by atoms with Crippen molar-refractivity contribution in [3.05, 3.63) is 46.6 Å². The number of primary amides is 1. The normalized spacial score (nSPS) is 20.0. The Morgan fingerprint density at radius 1 is 1.11 bits per heavy atom. The lowest BCUT2D eigenvalue weighted by atomic mass is 10.0. The topological polar surface area (TPSA) is 104 Å². The molecule has 0 saturated carbocycles. The first kappa shape index (κ1) is 27.2. The highest BCUT2D eigenvalue weighted by atomic mass is 32.2. The summed E-state index contributed by atoms with van der Waals surface area (Å²) in [6, 6.07) is 2.55. The molecule has 1 aromatic carbocycles. The maximum Gasteiger partial charge on any atom is 0.431 e. The summed E-state index contributed by atoms with van der Waals surface area (Å²) >= 11 is -0.00224. The summed E-state index contributed by atoms with van der Waals surface area (Å²) in [5.74, 6) is -3.24. The van der Waals surface area contributed by atoms with Crippen LogP contribution in [0.5, 0.6) is 0 Å². The number of nitrogens with two attached hydrogens (primary N) is 1. The fourth-order valence-corrected chi connectivity index (χ4v) is 6.86. The van der Waals surface area contributed by atoms with Crippen LogP contribution in [0.2, 0.25) is 0 Å². The van der Waals surface area contributed by atoms with Gasteiger partial charge >= 0.3 is 12.4 Å². The molecular weight excluding hydrogens is 531 g/mol. The molecule has 3 N–H and O–H groups in total. The monoisotopic (exact) mass is 549 g/mol. The first-order valence-corrected chi connectivity index (χ1v) is 12.0. The van der Waals surface area contributed by atoms with Gasteiger partial charge in [-0.1, -0.05) is 0 Å². The van der Waals surface area contributed by atoms with E-state index < -0.39 is 60.4 Å². The van der Waals surface area contributed by atoms with Crippen molar-refractivity contribution in [2.24, 2.45) is 5.73 Å². The standard InChI is InChI=1S/C19H18F7N3O4S2/c1-10-9-28(13-3-2-11(20)8-12(13)18(21,22)23)6-7-29(10)35(32,33)15-5-4-14(34-15)17(31,16(27)30)19(24,25)26/h2-5,8,10,31H,6-7,9H2,1H3,(H2,27,30)/t10-,17?/m1/s1. The number of amides is 1. The van der Waals surface area contributed by atoms with Crippen molar-refractivity contribution < 1.29 is 49.1 Å². The highest BCUT2D eigenvalue weighted by Crippen LogP contribution is 2.43. The molecule has 2 atom stereocenters. The molecule has 3 rings (SSSR count). The molecule has 1 aliphatic heterocycles. The summed E-state index contributed by atoms with van der Waals surface area (Å²) in [5, 5.41) is 9.89. The van der Waals surface area contributed by atoms with Crippen LogP contribution in [0.25, 0.3) is 0 Å². The van der Waals surface area contributed by atoms with Gasteiger partial charge in [0.05, 0.1) is 10.4 Å². The predicted octanol–water partition coefficient (Wildman–Crippen LogP) is 3.04. The quantitative estimate of drug-likeness (QED) is 0.559. The number of piperazine rings is 1. The fourth-order valence-electron chi connectivity index (χ4n) is 3.70. The lowest BCUT2D eigenvalue weighted by Crippen LogP contribution is -2.54. The van der Waals surface area contributed by atoms with E-state index in [9.17, 15) is 49.1 Å². The van der Waals surface area contributed by atoms with Gasteiger partial charge in [-0.05, 0) is 37.3 Å². The van der Waals surface area contributed by atoms with Crippen LogP contribution < -0.4 is 10.6 Å². The van der Waals surface area contributed by atoms with Crippen LogP contribution in [-0.2, 0) is 26.6 Å². The number of benzene rings is 1. The van der Waals surface area contributed by atoms with Crippen molar-refractivity contribution in [2.45, 2.75) is 35.1 Å². The summed E-state index contributed by atoms with van der Waals surface area (Å²) in [5.41, 5.74) is -0.965. The van der Waals surface area contributed by atoms with Gasteiger partial charge < -0.3 is 15.7 Å². The Bertz CT molecular complexity index is 1230. The summed E-state index contributed by atoms with van der Waals surface area (Å²) in [7, 11) is -4.46. The number of halogens is 7. The Kier molecular flexibility index (Phi) is 6.91. The largest absolute Gasteiger partial charge is 0.431 e. The van der Waals surface area contributed by atoms with Crippen LogP contribution in [0.15, 0.2) is 34.5 Å². The zero-order chi connectivity index (χ0) is 26.6. The van der Waals surface area contributed by atoms with E-state index in [-0.39, 0.29) is 36.7 Å². The van der Waals surface area contributed by atoms with Crippen molar-refractivity contribution >= 4 is 33.0 Å². The summed E-state index contributed by atoms with van der Waals surface area (Å²) in [6.07, 6.45) is -10.4. The number of hydrogen-bond donors (Lipinski definition) is 2. The van der Waals surface area contributed by atoms with Crippen LogP contribution >= 0.6 is 11.3 Å². The number of rotatable bonds is 5. The molecule has 1 saturated heterocycles. The first-order valence-electron chi connectivity index (χ1n) is 9.73. The number of sulfonamides is 1. The van der Waals surface area contributed by atoms with E-state index in [1.165, 1.54) is 11.8 Å². The zero-order valence-electron chi connectivity index (χ0n) is 17.7. The molecule has 0 radical (unpaired) electrons. The third-order valence-electron chi connectivity index (χ3n) is 5.44. The molecule has 35 heavy (non-hydrogen) atoms. The molecule has 194 valence electrons. The second-order valence-electron chi connectivity index (χ2n) is 7.76. The number of anilines is 1. The number of thiophene rings is 1. The molecule has 0 bridgehead atoms. The second-order valence-corrected chi connectivity index (χ2v) is 11.0. The average Bonchev–Trinajstić information content (AvgIpc) is 3.22. The number of carbonyl (C=O) groups is 1. The van der Waals surface area contributed by atoms with Gasteiger partial charge in [0.15, 0.2) is 0 Å².